The number of rotatable bonds is 6. The number of hydrogen-bond acceptors (Lipinski definition) is 5. The number of aromatic nitrogens is 5. The van der Waals surface area contributed by atoms with Gasteiger partial charge in [0.2, 0.25) is 5.91 Å². The standard InChI is InChI=1S/C21H18FN7O2/c1-14-17(10-25-29(14)19-5-3-2-4-18(19)22)21(31)24-11-20(30)27-15-6-8-16(9-7-15)28-13-23-12-26-28/h2-10,12-13H,11H2,1H3,(H,24,31)(H,27,30). The van der Waals surface area contributed by atoms with E-state index in [9.17, 15) is 14.0 Å². The van der Waals surface area contributed by atoms with E-state index in [2.05, 4.69) is 25.8 Å². The highest BCUT2D eigenvalue weighted by atomic mass is 19.1. The molecule has 0 aliphatic carbocycles. The van der Waals surface area contributed by atoms with Crippen LogP contribution in [0.4, 0.5) is 10.1 Å². The Hall–Kier alpha value is -4.34. The van der Waals surface area contributed by atoms with Gasteiger partial charge < -0.3 is 10.6 Å². The number of carbonyl (C=O) groups is 2. The highest BCUT2D eigenvalue weighted by Gasteiger charge is 2.17. The van der Waals surface area contributed by atoms with Crippen LogP contribution in [0.25, 0.3) is 11.4 Å². The number of halogens is 1. The van der Waals surface area contributed by atoms with Gasteiger partial charge in [-0.1, -0.05) is 12.1 Å². The van der Waals surface area contributed by atoms with Crippen LogP contribution in [0.15, 0.2) is 67.4 Å². The topological polar surface area (TPSA) is 107 Å². The van der Waals surface area contributed by atoms with Gasteiger partial charge in [0.1, 0.15) is 24.2 Å². The van der Waals surface area contributed by atoms with Crippen molar-refractivity contribution in [3.63, 3.8) is 0 Å². The van der Waals surface area contributed by atoms with Crippen LogP contribution >= 0.6 is 0 Å². The van der Waals surface area contributed by atoms with E-state index in [4.69, 9.17) is 0 Å². The van der Waals surface area contributed by atoms with Crippen molar-refractivity contribution in [2.75, 3.05) is 11.9 Å². The summed E-state index contributed by atoms with van der Waals surface area (Å²) in [6.07, 6.45) is 4.34. The van der Waals surface area contributed by atoms with Gasteiger partial charge in [-0.2, -0.15) is 10.2 Å². The van der Waals surface area contributed by atoms with Crippen molar-refractivity contribution >= 4 is 17.5 Å². The zero-order chi connectivity index (χ0) is 21.8. The predicted molar refractivity (Wildman–Crippen MR) is 111 cm³/mol. The van der Waals surface area contributed by atoms with E-state index >= 15 is 0 Å². The largest absolute Gasteiger partial charge is 0.343 e. The summed E-state index contributed by atoms with van der Waals surface area (Å²) < 4.78 is 17.0. The maximum Gasteiger partial charge on any atom is 0.255 e. The summed E-state index contributed by atoms with van der Waals surface area (Å²) in [4.78, 5) is 28.6. The average Bonchev–Trinajstić information content (AvgIpc) is 3.43. The molecule has 0 saturated carbocycles. The molecule has 2 N–H and O–H groups in total. The number of carbonyl (C=O) groups excluding carboxylic acids is 2. The number of benzene rings is 2. The second-order valence-electron chi connectivity index (χ2n) is 6.62. The van der Waals surface area contributed by atoms with Crippen LogP contribution in [0.2, 0.25) is 0 Å². The summed E-state index contributed by atoms with van der Waals surface area (Å²) in [5.41, 5.74) is 2.34. The summed E-state index contributed by atoms with van der Waals surface area (Å²) in [6.45, 7) is 1.43. The van der Waals surface area contributed by atoms with Gasteiger partial charge in [0.05, 0.1) is 29.7 Å². The molecule has 2 aromatic heterocycles. The Labute approximate surface area is 176 Å². The second kappa shape index (κ2) is 8.57. The SMILES string of the molecule is Cc1c(C(=O)NCC(=O)Nc2ccc(-n3cncn3)cc2)cnn1-c1ccccc1F. The maximum atomic E-state index is 14.0. The first kappa shape index (κ1) is 20.0. The monoisotopic (exact) mass is 419 g/mol. The van der Waals surface area contributed by atoms with Crippen LogP contribution < -0.4 is 10.6 Å². The van der Waals surface area contributed by atoms with Crippen molar-refractivity contribution in [3.05, 3.63) is 84.5 Å². The fraction of sp³-hybridized carbons (Fsp3) is 0.0952. The minimum absolute atomic E-state index is 0.228. The van der Waals surface area contributed by atoms with Gasteiger partial charge in [0, 0.05) is 5.69 Å². The van der Waals surface area contributed by atoms with E-state index in [1.807, 2.05) is 0 Å². The Morgan fingerprint density at radius 3 is 2.55 bits per heavy atom. The Morgan fingerprint density at radius 1 is 1.06 bits per heavy atom. The van der Waals surface area contributed by atoms with E-state index < -0.39 is 11.7 Å². The van der Waals surface area contributed by atoms with Gasteiger partial charge in [0.15, 0.2) is 0 Å². The first-order valence-corrected chi connectivity index (χ1v) is 9.35. The van der Waals surface area contributed by atoms with Crippen molar-refractivity contribution in [2.45, 2.75) is 6.92 Å². The first-order chi connectivity index (χ1) is 15.0. The molecule has 156 valence electrons. The molecule has 0 fully saturated rings. The van der Waals surface area contributed by atoms with Crippen molar-refractivity contribution in [3.8, 4) is 11.4 Å². The van der Waals surface area contributed by atoms with Crippen LogP contribution in [-0.2, 0) is 4.79 Å². The number of para-hydroxylation sites is 1. The number of amides is 2. The molecular formula is C21H18FN7O2. The van der Waals surface area contributed by atoms with Crippen LogP contribution in [0.3, 0.4) is 0 Å². The van der Waals surface area contributed by atoms with Crippen LogP contribution in [0.5, 0.6) is 0 Å². The maximum absolute atomic E-state index is 14.0. The Kier molecular flexibility index (Phi) is 5.52. The molecule has 2 aromatic carbocycles. The molecule has 0 unspecified atom stereocenters. The third kappa shape index (κ3) is 4.32. The average molecular weight is 419 g/mol. The van der Waals surface area contributed by atoms with Crippen LogP contribution in [0, 0.1) is 12.7 Å². The van der Waals surface area contributed by atoms with Crippen molar-refractivity contribution < 1.29 is 14.0 Å². The van der Waals surface area contributed by atoms with Gasteiger partial charge in [-0.15, -0.1) is 0 Å². The Bertz CT molecular complexity index is 1220. The molecule has 0 aliphatic rings. The normalized spacial score (nSPS) is 10.6. The fourth-order valence-electron chi connectivity index (χ4n) is 3.00. The molecule has 0 atom stereocenters. The quantitative estimate of drug-likeness (QED) is 0.499. The number of nitrogens with one attached hydrogen (secondary N) is 2. The number of hydrogen-bond donors (Lipinski definition) is 2. The molecule has 31 heavy (non-hydrogen) atoms. The van der Waals surface area contributed by atoms with E-state index in [0.717, 1.165) is 5.69 Å². The van der Waals surface area contributed by atoms with Gasteiger partial charge >= 0.3 is 0 Å². The summed E-state index contributed by atoms with van der Waals surface area (Å²) in [6, 6.07) is 13.1. The van der Waals surface area contributed by atoms with E-state index in [0.29, 0.717) is 11.4 Å². The van der Waals surface area contributed by atoms with E-state index in [1.165, 1.54) is 23.3 Å². The fourth-order valence-corrected chi connectivity index (χ4v) is 3.00. The van der Waals surface area contributed by atoms with Crippen molar-refractivity contribution in [2.24, 2.45) is 0 Å². The second-order valence-corrected chi connectivity index (χ2v) is 6.62. The molecule has 0 bridgehead atoms. The van der Waals surface area contributed by atoms with Gasteiger partial charge in [0.25, 0.3) is 5.91 Å². The van der Waals surface area contributed by atoms with E-state index in [1.54, 1.807) is 60.4 Å². The van der Waals surface area contributed by atoms with Crippen LogP contribution in [-0.4, -0.2) is 42.9 Å². The zero-order valence-corrected chi connectivity index (χ0v) is 16.5. The molecule has 10 heteroatoms. The molecule has 0 radical (unpaired) electrons. The first-order valence-electron chi connectivity index (χ1n) is 9.35. The van der Waals surface area contributed by atoms with Gasteiger partial charge in [-0.3, -0.25) is 9.59 Å². The highest BCUT2D eigenvalue weighted by Crippen LogP contribution is 2.17. The molecule has 0 saturated heterocycles. The minimum atomic E-state index is -0.475. The Morgan fingerprint density at radius 2 is 1.84 bits per heavy atom. The molecular weight excluding hydrogens is 401 g/mol. The lowest BCUT2D eigenvalue weighted by Gasteiger charge is -2.09. The number of nitrogens with zero attached hydrogens (tertiary/aromatic N) is 5. The summed E-state index contributed by atoms with van der Waals surface area (Å²) >= 11 is 0. The summed E-state index contributed by atoms with van der Waals surface area (Å²) in [5, 5.41) is 13.4. The lowest BCUT2D eigenvalue weighted by molar-refractivity contribution is -0.115. The lowest BCUT2D eigenvalue weighted by atomic mass is 10.2. The molecule has 2 heterocycles. The Balaban J connectivity index is 1.36. The third-order valence-corrected chi connectivity index (χ3v) is 4.58. The predicted octanol–water partition coefficient (Wildman–Crippen LogP) is 2.27. The number of anilines is 1. The summed E-state index contributed by atoms with van der Waals surface area (Å²) in [5.74, 6) is -1.31. The van der Waals surface area contributed by atoms with Crippen molar-refractivity contribution in [1.29, 1.82) is 0 Å². The smallest absolute Gasteiger partial charge is 0.255 e. The van der Waals surface area contributed by atoms with Gasteiger partial charge in [-0.25, -0.2) is 18.7 Å². The van der Waals surface area contributed by atoms with E-state index in [-0.39, 0.29) is 23.7 Å². The van der Waals surface area contributed by atoms with Gasteiger partial charge in [-0.05, 0) is 43.3 Å². The molecule has 0 aliphatic heterocycles. The lowest BCUT2D eigenvalue weighted by Crippen LogP contribution is -2.33. The molecule has 0 spiro atoms. The third-order valence-electron chi connectivity index (χ3n) is 4.58. The summed E-state index contributed by atoms with van der Waals surface area (Å²) in [7, 11) is 0. The highest BCUT2D eigenvalue weighted by molar-refractivity contribution is 5.99. The molecule has 4 rings (SSSR count). The molecule has 2 amide bonds. The zero-order valence-electron chi connectivity index (χ0n) is 16.5. The van der Waals surface area contributed by atoms with Crippen LogP contribution in [0.1, 0.15) is 16.1 Å². The van der Waals surface area contributed by atoms with Crippen molar-refractivity contribution in [1.82, 2.24) is 29.9 Å². The molecule has 4 aromatic rings. The minimum Gasteiger partial charge on any atom is -0.343 e. The molecule has 9 nitrogen and oxygen atoms in total.